The third kappa shape index (κ3) is 4.24. The second-order valence-corrected chi connectivity index (χ2v) is 5.30. The molecule has 3 heteroatoms. The number of hydrogen-bond donors (Lipinski definition) is 1. The van der Waals surface area contributed by atoms with E-state index in [1.165, 1.54) is 17.7 Å². The Labute approximate surface area is 113 Å². The summed E-state index contributed by atoms with van der Waals surface area (Å²) in [6.07, 6.45) is 6.43. The highest BCUT2D eigenvalue weighted by Crippen LogP contribution is 2.12. The second-order valence-electron chi connectivity index (χ2n) is 4.52. The molecule has 1 atom stereocenters. The third-order valence-electron chi connectivity index (χ3n) is 3.24. The average molecular weight is 260 g/mol. The lowest BCUT2D eigenvalue weighted by atomic mass is 10.0. The Morgan fingerprint density at radius 1 is 1.22 bits per heavy atom. The summed E-state index contributed by atoms with van der Waals surface area (Å²) in [5.41, 5.74) is 2.64. The molecule has 0 aliphatic rings. The van der Waals surface area contributed by atoms with Crippen molar-refractivity contribution in [3.63, 3.8) is 0 Å². The predicted octanol–water partition coefficient (Wildman–Crippen LogP) is 3.30. The number of aryl methyl sites for hydroxylation is 2. The fourth-order valence-corrected chi connectivity index (χ4v) is 2.78. The first-order valence-corrected chi connectivity index (χ1v) is 7.41. The lowest BCUT2D eigenvalue weighted by Crippen LogP contribution is -2.26. The highest BCUT2D eigenvalue weighted by molar-refractivity contribution is 7.07. The van der Waals surface area contributed by atoms with E-state index in [9.17, 15) is 0 Å². The third-order valence-corrected chi connectivity index (χ3v) is 3.98. The first-order chi connectivity index (χ1) is 8.88. The summed E-state index contributed by atoms with van der Waals surface area (Å²) in [7, 11) is 2.05. The van der Waals surface area contributed by atoms with E-state index >= 15 is 0 Å². The molecule has 0 fully saturated rings. The Morgan fingerprint density at radius 3 is 2.78 bits per heavy atom. The SMILES string of the molecule is CNC(CCc1ccsc1)CCc1ccccn1. The largest absolute Gasteiger partial charge is 0.317 e. The van der Waals surface area contributed by atoms with Crippen LogP contribution < -0.4 is 5.32 Å². The molecule has 1 N–H and O–H groups in total. The lowest BCUT2D eigenvalue weighted by Gasteiger charge is -2.15. The highest BCUT2D eigenvalue weighted by atomic mass is 32.1. The van der Waals surface area contributed by atoms with E-state index in [2.05, 4.69) is 46.3 Å². The van der Waals surface area contributed by atoms with Gasteiger partial charge in [-0.2, -0.15) is 11.3 Å². The molecule has 2 aromatic rings. The molecule has 0 amide bonds. The Balaban J connectivity index is 1.75. The van der Waals surface area contributed by atoms with Crippen molar-refractivity contribution in [3.05, 3.63) is 52.5 Å². The van der Waals surface area contributed by atoms with Crippen molar-refractivity contribution in [2.75, 3.05) is 7.05 Å². The van der Waals surface area contributed by atoms with E-state index in [4.69, 9.17) is 0 Å². The molecular weight excluding hydrogens is 240 g/mol. The van der Waals surface area contributed by atoms with Crippen molar-refractivity contribution in [3.8, 4) is 0 Å². The Hall–Kier alpha value is -1.19. The molecule has 0 aliphatic carbocycles. The zero-order valence-electron chi connectivity index (χ0n) is 10.8. The second kappa shape index (κ2) is 7.29. The van der Waals surface area contributed by atoms with E-state index < -0.39 is 0 Å². The molecule has 2 aromatic heterocycles. The van der Waals surface area contributed by atoms with E-state index in [1.54, 1.807) is 11.3 Å². The number of rotatable bonds is 7. The summed E-state index contributed by atoms with van der Waals surface area (Å²) in [5, 5.41) is 7.80. The Morgan fingerprint density at radius 2 is 2.11 bits per heavy atom. The van der Waals surface area contributed by atoms with Gasteiger partial charge >= 0.3 is 0 Å². The summed E-state index contributed by atoms with van der Waals surface area (Å²) in [6, 6.07) is 8.92. The van der Waals surface area contributed by atoms with Crippen LogP contribution in [0.4, 0.5) is 0 Å². The highest BCUT2D eigenvalue weighted by Gasteiger charge is 2.07. The van der Waals surface area contributed by atoms with Crippen LogP contribution in [0.1, 0.15) is 24.1 Å². The number of pyridine rings is 1. The van der Waals surface area contributed by atoms with Crippen molar-refractivity contribution in [2.45, 2.75) is 31.7 Å². The van der Waals surface area contributed by atoms with Gasteiger partial charge in [-0.3, -0.25) is 4.98 Å². The van der Waals surface area contributed by atoms with Crippen LogP contribution in [0.3, 0.4) is 0 Å². The van der Waals surface area contributed by atoms with Crippen LogP contribution in [0, 0.1) is 0 Å². The minimum atomic E-state index is 0.576. The smallest absolute Gasteiger partial charge is 0.0404 e. The summed E-state index contributed by atoms with van der Waals surface area (Å²) in [6.45, 7) is 0. The summed E-state index contributed by atoms with van der Waals surface area (Å²) < 4.78 is 0. The lowest BCUT2D eigenvalue weighted by molar-refractivity contribution is 0.487. The van der Waals surface area contributed by atoms with Gasteiger partial charge in [0.2, 0.25) is 0 Å². The monoisotopic (exact) mass is 260 g/mol. The van der Waals surface area contributed by atoms with E-state index in [0.717, 1.165) is 19.3 Å². The van der Waals surface area contributed by atoms with Gasteiger partial charge in [-0.15, -0.1) is 0 Å². The van der Waals surface area contributed by atoms with Gasteiger partial charge in [-0.05, 0) is 67.3 Å². The van der Waals surface area contributed by atoms with Crippen molar-refractivity contribution in [1.82, 2.24) is 10.3 Å². The molecule has 2 rings (SSSR count). The fourth-order valence-electron chi connectivity index (χ4n) is 2.08. The molecule has 0 saturated carbocycles. The van der Waals surface area contributed by atoms with Gasteiger partial charge in [0, 0.05) is 17.9 Å². The van der Waals surface area contributed by atoms with Crippen molar-refractivity contribution < 1.29 is 0 Å². The maximum absolute atomic E-state index is 4.37. The maximum Gasteiger partial charge on any atom is 0.0404 e. The van der Waals surface area contributed by atoms with Gasteiger partial charge in [0.05, 0.1) is 0 Å². The molecule has 18 heavy (non-hydrogen) atoms. The van der Waals surface area contributed by atoms with E-state index in [0.29, 0.717) is 6.04 Å². The molecule has 0 spiro atoms. The van der Waals surface area contributed by atoms with Gasteiger partial charge in [0.1, 0.15) is 0 Å². The first kappa shape index (κ1) is 13.2. The molecule has 0 bridgehead atoms. The van der Waals surface area contributed by atoms with Gasteiger partial charge in [-0.1, -0.05) is 6.07 Å². The summed E-state index contributed by atoms with van der Waals surface area (Å²) in [5.74, 6) is 0. The number of aromatic nitrogens is 1. The standard InChI is InChI=1S/C15H20N2S/c1-16-14(6-5-13-9-11-18-12-13)7-8-15-4-2-3-10-17-15/h2-4,9-12,14,16H,5-8H2,1H3. The van der Waals surface area contributed by atoms with Crippen molar-refractivity contribution in [2.24, 2.45) is 0 Å². The number of hydrogen-bond acceptors (Lipinski definition) is 3. The fraction of sp³-hybridized carbons (Fsp3) is 0.400. The summed E-state index contributed by atoms with van der Waals surface area (Å²) in [4.78, 5) is 4.37. The predicted molar refractivity (Wildman–Crippen MR) is 78.0 cm³/mol. The molecule has 0 saturated heterocycles. The van der Waals surface area contributed by atoms with Crippen LogP contribution in [-0.4, -0.2) is 18.1 Å². The van der Waals surface area contributed by atoms with Crippen molar-refractivity contribution in [1.29, 1.82) is 0 Å². The molecule has 0 aliphatic heterocycles. The quantitative estimate of drug-likeness (QED) is 0.826. The molecule has 96 valence electrons. The zero-order chi connectivity index (χ0) is 12.6. The molecule has 1 unspecified atom stereocenters. The average Bonchev–Trinajstić information content (AvgIpc) is 2.93. The van der Waals surface area contributed by atoms with Crippen LogP contribution in [0.5, 0.6) is 0 Å². The van der Waals surface area contributed by atoms with Crippen LogP contribution >= 0.6 is 11.3 Å². The molecule has 0 radical (unpaired) electrons. The maximum atomic E-state index is 4.37. The molecule has 0 aromatic carbocycles. The number of thiophene rings is 1. The van der Waals surface area contributed by atoms with E-state index in [1.807, 2.05) is 12.3 Å². The van der Waals surface area contributed by atoms with Crippen LogP contribution in [0.25, 0.3) is 0 Å². The van der Waals surface area contributed by atoms with Crippen LogP contribution in [-0.2, 0) is 12.8 Å². The number of nitrogens with one attached hydrogen (secondary N) is 1. The number of nitrogens with zero attached hydrogens (tertiary/aromatic N) is 1. The van der Waals surface area contributed by atoms with Gasteiger partial charge in [0.25, 0.3) is 0 Å². The minimum Gasteiger partial charge on any atom is -0.317 e. The van der Waals surface area contributed by atoms with Gasteiger partial charge < -0.3 is 5.32 Å². The Kier molecular flexibility index (Phi) is 5.36. The van der Waals surface area contributed by atoms with Gasteiger partial charge in [-0.25, -0.2) is 0 Å². The zero-order valence-corrected chi connectivity index (χ0v) is 11.6. The topological polar surface area (TPSA) is 24.9 Å². The Bertz CT molecular complexity index is 425. The van der Waals surface area contributed by atoms with Crippen LogP contribution in [0.2, 0.25) is 0 Å². The van der Waals surface area contributed by atoms with Gasteiger partial charge in [0.15, 0.2) is 0 Å². The molecule has 2 heterocycles. The summed E-state index contributed by atoms with van der Waals surface area (Å²) >= 11 is 1.78. The molecule has 2 nitrogen and oxygen atoms in total. The first-order valence-electron chi connectivity index (χ1n) is 6.46. The van der Waals surface area contributed by atoms with Crippen LogP contribution in [0.15, 0.2) is 41.2 Å². The van der Waals surface area contributed by atoms with Crippen molar-refractivity contribution >= 4 is 11.3 Å². The van der Waals surface area contributed by atoms with E-state index in [-0.39, 0.29) is 0 Å². The molecular formula is C15H20N2S. The normalized spacial score (nSPS) is 12.5. The minimum absolute atomic E-state index is 0.576.